The molecule has 1 aromatic heterocycles. The van der Waals surface area contributed by atoms with Crippen molar-refractivity contribution in [1.29, 1.82) is 0 Å². The van der Waals surface area contributed by atoms with Gasteiger partial charge in [-0.1, -0.05) is 5.21 Å². The molecule has 0 radical (unpaired) electrons. The van der Waals surface area contributed by atoms with E-state index in [9.17, 15) is 5.11 Å². The number of benzene rings is 2. The van der Waals surface area contributed by atoms with Crippen LogP contribution in [0.4, 0.5) is 0 Å². The van der Waals surface area contributed by atoms with Crippen LogP contribution in [0.5, 0.6) is 23.0 Å². The fourth-order valence-corrected chi connectivity index (χ4v) is 2.46. The van der Waals surface area contributed by atoms with Crippen molar-refractivity contribution in [3.05, 3.63) is 42.6 Å². The molecule has 1 heterocycles. The maximum absolute atomic E-state index is 9.96. The molecule has 0 fully saturated rings. The molecule has 124 valence electrons. The molecule has 24 heavy (non-hydrogen) atoms. The molecule has 7 heteroatoms. The van der Waals surface area contributed by atoms with Crippen LogP contribution in [0, 0.1) is 0 Å². The Kier molecular flexibility index (Phi) is 4.24. The lowest BCUT2D eigenvalue weighted by Gasteiger charge is -2.14. The van der Waals surface area contributed by atoms with E-state index in [1.165, 1.54) is 20.3 Å². The van der Waals surface area contributed by atoms with E-state index in [1.54, 1.807) is 24.1 Å². The van der Waals surface area contributed by atoms with Gasteiger partial charge in [-0.2, -0.15) is 0 Å². The molecule has 7 nitrogen and oxygen atoms in total. The van der Waals surface area contributed by atoms with Crippen molar-refractivity contribution in [2.75, 3.05) is 21.3 Å². The van der Waals surface area contributed by atoms with Gasteiger partial charge in [0.25, 0.3) is 0 Å². The molecule has 0 saturated carbocycles. The molecule has 0 amide bonds. The van der Waals surface area contributed by atoms with Crippen LogP contribution in [0.3, 0.4) is 0 Å². The van der Waals surface area contributed by atoms with E-state index >= 15 is 0 Å². The number of nitrogens with zero attached hydrogens (tertiary/aromatic N) is 3. The average Bonchev–Trinajstić information content (AvgIpc) is 3.10. The van der Waals surface area contributed by atoms with Crippen molar-refractivity contribution in [2.24, 2.45) is 0 Å². The van der Waals surface area contributed by atoms with E-state index in [4.69, 9.17) is 14.2 Å². The zero-order chi connectivity index (χ0) is 17.1. The lowest BCUT2D eigenvalue weighted by Crippen LogP contribution is -2.03. The maximum Gasteiger partial charge on any atom is 0.186 e. The highest BCUT2D eigenvalue weighted by Gasteiger charge is 2.18. The molecular weight excluding hydrogens is 310 g/mol. The van der Waals surface area contributed by atoms with Crippen molar-refractivity contribution in [2.45, 2.75) is 0 Å². The molecule has 1 N–H and O–H groups in total. The summed E-state index contributed by atoms with van der Waals surface area (Å²) >= 11 is 0. The number of methoxy groups -OCH3 is 3. The first kappa shape index (κ1) is 15.7. The first-order chi connectivity index (χ1) is 11.7. The standard InChI is InChI=1S/C17H17N3O4/c1-22-13-6-4-11(5-7-13)15-10-18-19-20(15)14-8-12(21)9-16(23-2)17(14)24-3/h4-10,21H,1-3H3. The summed E-state index contributed by atoms with van der Waals surface area (Å²) < 4.78 is 17.5. The molecule has 3 rings (SSSR count). The molecule has 0 unspecified atom stereocenters. The highest BCUT2D eigenvalue weighted by molar-refractivity contribution is 5.66. The van der Waals surface area contributed by atoms with Gasteiger partial charge in [-0.25, -0.2) is 4.68 Å². The van der Waals surface area contributed by atoms with E-state index in [-0.39, 0.29) is 5.75 Å². The van der Waals surface area contributed by atoms with Gasteiger partial charge in [-0.05, 0) is 24.3 Å². The van der Waals surface area contributed by atoms with Crippen LogP contribution in [0.1, 0.15) is 0 Å². The van der Waals surface area contributed by atoms with Crippen molar-refractivity contribution < 1.29 is 19.3 Å². The summed E-state index contributed by atoms with van der Waals surface area (Å²) in [6.07, 6.45) is 1.64. The van der Waals surface area contributed by atoms with Crippen LogP contribution in [-0.2, 0) is 0 Å². The summed E-state index contributed by atoms with van der Waals surface area (Å²) in [5.74, 6) is 1.66. The molecule has 3 aromatic rings. The molecule has 0 aliphatic carbocycles. The number of aromatic hydroxyl groups is 1. The summed E-state index contributed by atoms with van der Waals surface area (Å²) in [6.45, 7) is 0. The minimum atomic E-state index is 0.0406. The minimum Gasteiger partial charge on any atom is -0.508 e. The zero-order valence-electron chi connectivity index (χ0n) is 13.6. The Labute approximate surface area is 139 Å². The largest absolute Gasteiger partial charge is 0.508 e. The quantitative estimate of drug-likeness (QED) is 0.776. The smallest absolute Gasteiger partial charge is 0.186 e. The van der Waals surface area contributed by atoms with Crippen LogP contribution < -0.4 is 14.2 Å². The second kappa shape index (κ2) is 6.49. The van der Waals surface area contributed by atoms with Crippen LogP contribution >= 0.6 is 0 Å². The molecule has 0 spiro atoms. The Morgan fingerprint density at radius 2 is 1.71 bits per heavy atom. The average molecular weight is 327 g/mol. The number of ether oxygens (including phenoxy) is 3. The Hall–Kier alpha value is -3.22. The predicted molar refractivity (Wildman–Crippen MR) is 88.1 cm³/mol. The van der Waals surface area contributed by atoms with Crippen molar-refractivity contribution in [1.82, 2.24) is 15.0 Å². The molecular formula is C17H17N3O4. The third kappa shape index (κ3) is 2.71. The summed E-state index contributed by atoms with van der Waals surface area (Å²) in [7, 11) is 4.65. The lowest BCUT2D eigenvalue weighted by atomic mass is 10.1. The van der Waals surface area contributed by atoms with Crippen molar-refractivity contribution >= 4 is 0 Å². The topological polar surface area (TPSA) is 78.6 Å². The number of rotatable bonds is 5. The van der Waals surface area contributed by atoms with E-state index < -0.39 is 0 Å². The van der Waals surface area contributed by atoms with Crippen molar-refractivity contribution in [3.8, 4) is 39.9 Å². The second-order valence-electron chi connectivity index (χ2n) is 4.96. The SMILES string of the molecule is COc1ccc(-c2cnnn2-c2cc(O)cc(OC)c2OC)cc1. The van der Waals surface area contributed by atoms with Gasteiger partial charge in [0.2, 0.25) is 0 Å². The maximum atomic E-state index is 9.96. The lowest BCUT2D eigenvalue weighted by molar-refractivity contribution is 0.349. The number of phenolic OH excluding ortho intramolecular Hbond substituents is 1. The van der Waals surface area contributed by atoms with Gasteiger partial charge < -0.3 is 19.3 Å². The van der Waals surface area contributed by atoms with Crippen LogP contribution in [-0.4, -0.2) is 41.4 Å². The summed E-state index contributed by atoms with van der Waals surface area (Å²) in [4.78, 5) is 0. The first-order valence-corrected chi connectivity index (χ1v) is 7.18. The van der Waals surface area contributed by atoms with E-state index in [0.717, 1.165) is 17.0 Å². The van der Waals surface area contributed by atoms with Gasteiger partial charge in [0.15, 0.2) is 11.5 Å². The van der Waals surface area contributed by atoms with Gasteiger partial charge in [0, 0.05) is 17.7 Å². The van der Waals surface area contributed by atoms with Gasteiger partial charge in [0.1, 0.15) is 17.2 Å². The Morgan fingerprint density at radius 3 is 2.33 bits per heavy atom. The third-order valence-electron chi connectivity index (χ3n) is 3.61. The van der Waals surface area contributed by atoms with Crippen molar-refractivity contribution in [3.63, 3.8) is 0 Å². The van der Waals surface area contributed by atoms with Gasteiger partial charge in [-0.15, -0.1) is 5.10 Å². The third-order valence-corrected chi connectivity index (χ3v) is 3.61. The Balaban J connectivity index is 2.15. The number of aromatic nitrogens is 3. The van der Waals surface area contributed by atoms with E-state index in [0.29, 0.717) is 17.2 Å². The molecule has 2 aromatic carbocycles. The first-order valence-electron chi connectivity index (χ1n) is 7.18. The monoisotopic (exact) mass is 327 g/mol. The van der Waals surface area contributed by atoms with Crippen LogP contribution in [0.15, 0.2) is 42.6 Å². The number of hydrogen-bond acceptors (Lipinski definition) is 6. The fraction of sp³-hybridized carbons (Fsp3) is 0.176. The van der Waals surface area contributed by atoms with E-state index in [1.807, 2.05) is 24.3 Å². The van der Waals surface area contributed by atoms with Gasteiger partial charge >= 0.3 is 0 Å². The fourth-order valence-electron chi connectivity index (χ4n) is 2.46. The summed E-state index contributed by atoms with van der Waals surface area (Å²) in [5, 5.41) is 18.1. The second-order valence-corrected chi connectivity index (χ2v) is 4.96. The zero-order valence-corrected chi connectivity index (χ0v) is 13.6. The Bertz CT molecular complexity index is 844. The number of phenols is 1. The highest BCUT2D eigenvalue weighted by Crippen LogP contribution is 2.38. The van der Waals surface area contributed by atoms with E-state index in [2.05, 4.69) is 10.3 Å². The normalized spacial score (nSPS) is 10.5. The highest BCUT2D eigenvalue weighted by atomic mass is 16.5. The van der Waals surface area contributed by atoms with Gasteiger partial charge in [0.05, 0.1) is 33.2 Å². The summed E-state index contributed by atoms with van der Waals surface area (Å²) in [6, 6.07) is 10.5. The molecule has 0 saturated heterocycles. The molecule has 0 bridgehead atoms. The molecule has 0 atom stereocenters. The van der Waals surface area contributed by atoms with Crippen LogP contribution in [0.25, 0.3) is 16.9 Å². The number of hydrogen-bond donors (Lipinski definition) is 1. The molecule has 0 aliphatic heterocycles. The predicted octanol–water partition coefficient (Wildman–Crippen LogP) is 2.67. The minimum absolute atomic E-state index is 0.0406. The molecule has 0 aliphatic rings. The summed E-state index contributed by atoms with van der Waals surface area (Å²) in [5.41, 5.74) is 2.16. The Morgan fingerprint density at radius 1 is 0.958 bits per heavy atom. The van der Waals surface area contributed by atoms with Gasteiger partial charge in [-0.3, -0.25) is 0 Å². The van der Waals surface area contributed by atoms with Crippen LogP contribution in [0.2, 0.25) is 0 Å².